The molecule has 0 unspecified atom stereocenters. The van der Waals surface area contributed by atoms with Gasteiger partial charge in [0.2, 0.25) is 5.91 Å². The summed E-state index contributed by atoms with van der Waals surface area (Å²) in [6, 6.07) is 6.09. The number of aryl methyl sites for hydroxylation is 1. The summed E-state index contributed by atoms with van der Waals surface area (Å²) in [6.07, 6.45) is 5.33. The quantitative estimate of drug-likeness (QED) is 0.719. The number of carbonyl (C=O) groups excluding carboxylic acids is 1. The Hall–Kier alpha value is -2.67. The molecule has 3 heterocycles. The van der Waals surface area contributed by atoms with Gasteiger partial charge in [0, 0.05) is 24.6 Å². The van der Waals surface area contributed by atoms with E-state index in [1.165, 1.54) is 0 Å². The van der Waals surface area contributed by atoms with Gasteiger partial charge in [0.05, 0.1) is 6.20 Å². The summed E-state index contributed by atoms with van der Waals surface area (Å²) in [6.45, 7) is 3.75. The van der Waals surface area contributed by atoms with Crippen LogP contribution in [0.2, 0.25) is 0 Å². The number of piperidine rings is 1. The molecule has 0 aliphatic carbocycles. The zero-order valence-electron chi connectivity index (χ0n) is 16.0. The number of likely N-dealkylation sites (tertiary alicyclic amines) is 1. The fourth-order valence-electron chi connectivity index (χ4n) is 3.62. The molecule has 3 aromatic rings. The van der Waals surface area contributed by atoms with Crippen LogP contribution in [0.4, 0.5) is 5.82 Å². The Morgan fingerprint density at radius 2 is 2.04 bits per heavy atom. The van der Waals surface area contributed by atoms with Crippen LogP contribution in [0.3, 0.4) is 0 Å². The molecular weight excluding hydrogens is 339 g/mol. The van der Waals surface area contributed by atoms with Gasteiger partial charge in [-0.15, -0.1) is 0 Å². The second-order valence-corrected chi connectivity index (χ2v) is 7.34. The molecule has 138 valence electrons. The van der Waals surface area contributed by atoms with Crippen molar-refractivity contribution in [3.8, 4) is 11.3 Å². The zero-order valence-corrected chi connectivity index (χ0v) is 16.0. The summed E-state index contributed by atoms with van der Waals surface area (Å²) < 4.78 is 5.64. The van der Waals surface area contributed by atoms with E-state index in [-0.39, 0.29) is 11.8 Å². The predicted molar refractivity (Wildman–Crippen MR) is 109 cm³/mol. The van der Waals surface area contributed by atoms with Crippen LogP contribution in [-0.4, -0.2) is 48.8 Å². The Bertz CT molecular complexity index is 993. The predicted octanol–water partition coefficient (Wildman–Crippen LogP) is 1.74. The molecule has 4 rings (SSSR count). The van der Waals surface area contributed by atoms with E-state index in [1.807, 2.05) is 33.1 Å². The molecule has 1 aliphatic rings. The topological polar surface area (TPSA) is 71.3 Å². The van der Waals surface area contributed by atoms with Crippen LogP contribution in [0.1, 0.15) is 18.7 Å². The molecule has 1 aliphatic heterocycles. The van der Waals surface area contributed by atoms with Crippen LogP contribution in [0.25, 0.3) is 22.1 Å². The van der Waals surface area contributed by atoms with Crippen LogP contribution in [0, 0.1) is 12.8 Å². The first-order valence-electron chi connectivity index (χ1n) is 9.33. The number of nitrogens with one attached hydrogen (secondary N) is 1. The van der Waals surface area contributed by atoms with Crippen molar-refractivity contribution >= 4 is 35.8 Å². The minimum atomic E-state index is 0.0570. The average Bonchev–Trinajstić information content (AvgIpc) is 3.11. The number of benzene rings is 1. The summed E-state index contributed by atoms with van der Waals surface area (Å²) in [5.41, 5.74) is 1.93. The highest BCUT2D eigenvalue weighted by Crippen LogP contribution is 2.25. The van der Waals surface area contributed by atoms with E-state index < -0.39 is 0 Å². The molecule has 0 atom stereocenters. The summed E-state index contributed by atoms with van der Waals surface area (Å²) in [5, 5.41) is 5.13. The Kier molecular flexibility index (Phi) is 4.70. The van der Waals surface area contributed by atoms with Crippen molar-refractivity contribution in [2.75, 3.05) is 25.5 Å². The summed E-state index contributed by atoms with van der Waals surface area (Å²) in [5.74, 6) is 2.14. The smallest absolute Gasteiger partial charge is 0.228 e. The standard InChI is InChI=1S/C20H23BN4O2/c1-12-22-11-17(27-12)14-3-4-15-10-23-19(18(21)16(15)9-14)24-20(26)13-5-7-25(2)8-6-13/h3-4,9-11,13H,5-8,21H2,1-2H3,(H,23,24,26). The van der Waals surface area contributed by atoms with Crippen LogP contribution in [0.15, 0.2) is 35.0 Å². The number of hydrogen-bond acceptors (Lipinski definition) is 5. The van der Waals surface area contributed by atoms with E-state index in [9.17, 15) is 4.79 Å². The number of rotatable bonds is 3. The van der Waals surface area contributed by atoms with Gasteiger partial charge in [-0.25, -0.2) is 9.97 Å². The summed E-state index contributed by atoms with van der Waals surface area (Å²) in [7, 11) is 4.09. The van der Waals surface area contributed by atoms with Gasteiger partial charge in [-0.3, -0.25) is 4.79 Å². The van der Waals surface area contributed by atoms with Crippen molar-refractivity contribution in [3.63, 3.8) is 0 Å². The van der Waals surface area contributed by atoms with Crippen molar-refractivity contribution in [3.05, 3.63) is 36.5 Å². The minimum absolute atomic E-state index is 0.0570. The SMILES string of the molecule is Bc1c(NC(=O)C2CCN(C)CC2)ncc2ccc(-c3cnc(C)o3)cc12. The maximum absolute atomic E-state index is 12.7. The highest BCUT2D eigenvalue weighted by Gasteiger charge is 2.24. The number of pyridine rings is 1. The van der Waals surface area contributed by atoms with Crippen molar-refractivity contribution < 1.29 is 9.21 Å². The second-order valence-electron chi connectivity index (χ2n) is 7.34. The van der Waals surface area contributed by atoms with E-state index >= 15 is 0 Å². The molecule has 1 amide bonds. The van der Waals surface area contributed by atoms with Gasteiger partial charge >= 0.3 is 0 Å². The number of hydrogen-bond donors (Lipinski definition) is 1. The number of amides is 1. The lowest BCUT2D eigenvalue weighted by Crippen LogP contribution is -2.36. The van der Waals surface area contributed by atoms with Crippen LogP contribution in [-0.2, 0) is 4.79 Å². The zero-order chi connectivity index (χ0) is 19.0. The van der Waals surface area contributed by atoms with E-state index in [1.54, 1.807) is 6.20 Å². The molecule has 7 heteroatoms. The molecule has 1 fully saturated rings. The number of carbonyl (C=O) groups is 1. The molecule has 1 N–H and O–H groups in total. The van der Waals surface area contributed by atoms with Crippen LogP contribution < -0.4 is 10.8 Å². The van der Waals surface area contributed by atoms with E-state index in [2.05, 4.69) is 33.3 Å². The Morgan fingerprint density at radius 1 is 1.26 bits per heavy atom. The van der Waals surface area contributed by atoms with Gasteiger partial charge in [0.1, 0.15) is 13.7 Å². The lowest BCUT2D eigenvalue weighted by molar-refractivity contribution is -0.121. The van der Waals surface area contributed by atoms with Gasteiger partial charge in [-0.1, -0.05) is 12.1 Å². The van der Waals surface area contributed by atoms with Gasteiger partial charge in [-0.05, 0) is 55.3 Å². The first-order valence-corrected chi connectivity index (χ1v) is 9.33. The molecule has 0 bridgehead atoms. The third-order valence-corrected chi connectivity index (χ3v) is 5.38. The highest BCUT2D eigenvalue weighted by molar-refractivity contribution is 6.42. The maximum atomic E-state index is 12.7. The summed E-state index contributed by atoms with van der Waals surface area (Å²) >= 11 is 0. The molecule has 2 aromatic heterocycles. The van der Waals surface area contributed by atoms with Crippen molar-refractivity contribution in [2.24, 2.45) is 5.92 Å². The Balaban J connectivity index is 1.61. The largest absolute Gasteiger partial charge is 0.441 e. The number of nitrogens with zero attached hydrogens (tertiary/aromatic N) is 3. The van der Waals surface area contributed by atoms with Crippen LogP contribution >= 0.6 is 0 Å². The lowest BCUT2D eigenvalue weighted by Gasteiger charge is -2.28. The number of oxazole rings is 1. The molecule has 1 saturated heterocycles. The Morgan fingerprint density at radius 3 is 2.74 bits per heavy atom. The fraction of sp³-hybridized carbons (Fsp3) is 0.350. The third-order valence-electron chi connectivity index (χ3n) is 5.38. The Labute approximate surface area is 159 Å². The maximum Gasteiger partial charge on any atom is 0.228 e. The van der Waals surface area contributed by atoms with Crippen molar-refractivity contribution in [2.45, 2.75) is 19.8 Å². The molecule has 6 nitrogen and oxygen atoms in total. The molecule has 0 spiro atoms. The first-order chi connectivity index (χ1) is 13.0. The molecular formula is C20H23BN4O2. The fourth-order valence-corrected chi connectivity index (χ4v) is 3.62. The summed E-state index contributed by atoms with van der Waals surface area (Å²) in [4.78, 5) is 23.6. The normalized spacial score (nSPS) is 15.9. The molecule has 0 saturated carbocycles. The first kappa shape index (κ1) is 17.7. The van der Waals surface area contributed by atoms with Gasteiger partial charge in [0.25, 0.3) is 0 Å². The molecule has 0 radical (unpaired) electrons. The molecule has 27 heavy (non-hydrogen) atoms. The van der Waals surface area contributed by atoms with Gasteiger partial charge < -0.3 is 14.6 Å². The number of fused-ring (bicyclic) bond motifs is 1. The lowest BCUT2D eigenvalue weighted by atomic mass is 9.89. The van der Waals surface area contributed by atoms with Gasteiger partial charge in [-0.2, -0.15) is 0 Å². The third kappa shape index (κ3) is 3.60. The number of aromatic nitrogens is 2. The van der Waals surface area contributed by atoms with E-state index in [4.69, 9.17) is 4.42 Å². The average molecular weight is 362 g/mol. The minimum Gasteiger partial charge on any atom is -0.441 e. The van der Waals surface area contributed by atoms with E-state index in [0.717, 1.165) is 53.5 Å². The van der Waals surface area contributed by atoms with Gasteiger partial charge in [0.15, 0.2) is 11.7 Å². The van der Waals surface area contributed by atoms with Crippen LogP contribution in [0.5, 0.6) is 0 Å². The van der Waals surface area contributed by atoms with Crippen molar-refractivity contribution in [1.29, 1.82) is 0 Å². The van der Waals surface area contributed by atoms with E-state index in [0.29, 0.717) is 11.7 Å². The number of anilines is 1. The monoisotopic (exact) mass is 362 g/mol. The molecule has 1 aromatic carbocycles. The second kappa shape index (κ2) is 7.16. The highest BCUT2D eigenvalue weighted by atomic mass is 16.4. The van der Waals surface area contributed by atoms with Crippen molar-refractivity contribution in [1.82, 2.24) is 14.9 Å².